The first-order chi connectivity index (χ1) is 16.7. The number of amides is 1. The van der Waals surface area contributed by atoms with Gasteiger partial charge in [-0.25, -0.2) is 13.8 Å². The molecule has 4 aromatic rings. The van der Waals surface area contributed by atoms with Gasteiger partial charge >= 0.3 is 0 Å². The molecule has 3 aromatic heterocycles. The molecule has 0 aliphatic heterocycles. The number of rotatable bonds is 9. The zero-order valence-electron chi connectivity index (χ0n) is 18.9. The van der Waals surface area contributed by atoms with Crippen LogP contribution in [0.5, 0.6) is 5.75 Å². The van der Waals surface area contributed by atoms with E-state index in [1.165, 1.54) is 6.20 Å². The number of alkyl halides is 2. The monoisotopic (exact) mass is 487 g/mol. The van der Waals surface area contributed by atoms with E-state index in [-0.39, 0.29) is 24.0 Å². The number of aryl methyl sites for hydroxylation is 1. The van der Waals surface area contributed by atoms with E-state index in [4.69, 9.17) is 9.26 Å². The standard InChI is InChI=1S/C23H23F2N5O5/c1-12-3-4-14(22-28-20(35-29-22)9-18(32)21(24)25)7-16(12)27-23(33)17-10-26-19-8-15(5-6-30(17)19)34-11-13(2)31/h3-8,10,13,18,21,31-32H,9,11H2,1-2H3,(H,27,33)/t13?,18-/m0/s1. The number of halogens is 2. The van der Waals surface area contributed by atoms with Gasteiger partial charge in [-0.2, -0.15) is 4.98 Å². The minimum Gasteiger partial charge on any atom is -0.491 e. The number of anilines is 1. The predicted octanol–water partition coefficient (Wildman–Crippen LogP) is 2.87. The lowest BCUT2D eigenvalue weighted by Gasteiger charge is -2.10. The van der Waals surface area contributed by atoms with E-state index in [1.54, 1.807) is 54.8 Å². The number of ether oxygens (including phenoxy) is 1. The second-order valence-corrected chi connectivity index (χ2v) is 8.00. The summed E-state index contributed by atoms with van der Waals surface area (Å²) < 4.78 is 37.1. The molecular weight excluding hydrogens is 464 g/mol. The van der Waals surface area contributed by atoms with Crippen LogP contribution in [0.1, 0.15) is 28.9 Å². The van der Waals surface area contributed by atoms with Crippen LogP contribution in [0.4, 0.5) is 14.5 Å². The summed E-state index contributed by atoms with van der Waals surface area (Å²) >= 11 is 0. The summed E-state index contributed by atoms with van der Waals surface area (Å²) in [7, 11) is 0. The van der Waals surface area contributed by atoms with Gasteiger partial charge in [-0.15, -0.1) is 0 Å². The summed E-state index contributed by atoms with van der Waals surface area (Å²) in [4.78, 5) is 21.3. The Morgan fingerprint density at radius 1 is 1.26 bits per heavy atom. The summed E-state index contributed by atoms with van der Waals surface area (Å²) in [6.45, 7) is 3.55. The summed E-state index contributed by atoms with van der Waals surface area (Å²) in [6, 6.07) is 8.40. The predicted molar refractivity (Wildman–Crippen MR) is 121 cm³/mol. The molecule has 0 saturated heterocycles. The van der Waals surface area contributed by atoms with Gasteiger partial charge < -0.3 is 24.8 Å². The molecule has 2 atom stereocenters. The molecule has 4 rings (SSSR count). The number of hydrogen-bond acceptors (Lipinski definition) is 8. The zero-order valence-corrected chi connectivity index (χ0v) is 18.9. The van der Waals surface area contributed by atoms with E-state index < -0.39 is 31.0 Å². The number of carbonyl (C=O) groups excluding carboxylic acids is 1. The van der Waals surface area contributed by atoms with Crippen molar-refractivity contribution >= 4 is 17.2 Å². The van der Waals surface area contributed by atoms with Crippen molar-refractivity contribution in [3.8, 4) is 17.1 Å². The molecule has 1 aromatic carbocycles. The fraction of sp³-hybridized carbons (Fsp3) is 0.304. The molecule has 1 amide bonds. The molecule has 0 fully saturated rings. The van der Waals surface area contributed by atoms with Gasteiger partial charge in [0, 0.05) is 23.5 Å². The molecule has 184 valence electrons. The number of benzene rings is 1. The lowest BCUT2D eigenvalue weighted by atomic mass is 10.1. The van der Waals surface area contributed by atoms with Gasteiger partial charge in [0.1, 0.15) is 29.8 Å². The number of aromatic nitrogens is 4. The minimum absolute atomic E-state index is 0.124. The molecule has 0 aliphatic rings. The zero-order chi connectivity index (χ0) is 25.1. The largest absolute Gasteiger partial charge is 0.491 e. The highest BCUT2D eigenvalue weighted by Crippen LogP contribution is 2.25. The average molecular weight is 487 g/mol. The Hall–Kier alpha value is -3.90. The number of carbonyl (C=O) groups is 1. The number of fused-ring (bicyclic) bond motifs is 1. The number of pyridine rings is 1. The maximum Gasteiger partial charge on any atom is 0.274 e. The van der Waals surface area contributed by atoms with E-state index >= 15 is 0 Å². The van der Waals surface area contributed by atoms with Crippen LogP contribution < -0.4 is 10.1 Å². The normalized spacial score (nSPS) is 13.2. The van der Waals surface area contributed by atoms with E-state index in [0.717, 1.165) is 5.56 Å². The summed E-state index contributed by atoms with van der Waals surface area (Å²) in [5.41, 5.74) is 2.52. The summed E-state index contributed by atoms with van der Waals surface area (Å²) in [6.07, 6.45) is -2.83. The van der Waals surface area contributed by atoms with Gasteiger partial charge in [0.25, 0.3) is 12.3 Å². The first-order valence-corrected chi connectivity index (χ1v) is 10.7. The summed E-state index contributed by atoms with van der Waals surface area (Å²) in [5.74, 6) is 0.113. The third-order valence-electron chi connectivity index (χ3n) is 5.10. The summed E-state index contributed by atoms with van der Waals surface area (Å²) in [5, 5.41) is 25.3. The molecule has 0 aliphatic carbocycles. The highest BCUT2D eigenvalue weighted by atomic mass is 19.3. The van der Waals surface area contributed by atoms with Crippen molar-refractivity contribution in [3.63, 3.8) is 0 Å². The number of hydrogen-bond donors (Lipinski definition) is 3. The maximum absolute atomic E-state index is 13.0. The Balaban J connectivity index is 1.52. The average Bonchev–Trinajstić information content (AvgIpc) is 3.46. The molecule has 0 saturated carbocycles. The second kappa shape index (κ2) is 10.2. The highest BCUT2D eigenvalue weighted by molar-refractivity contribution is 6.04. The van der Waals surface area contributed by atoms with Crippen molar-refractivity contribution in [2.45, 2.75) is 38.9 Å². The van der Waals surface area contributed by atoms with Crippen LogP contribution in [0.15, 0.2) is 47.2 Å². The third-order valence-corrected chi connectivity index (χ3v) is 5.10. The van der Waals surface area contributed by atoms with Crippen LogP contribution in [0, 0.1) is 6.92 Å². The molecule has 0 radical (unpaired) electrons. The smallest absolute Gasteiger partial charge is 0.274 e. The molecular formula is C23H23F2N5O5. The molecule has 0 bridgehead atoms. The van der Waals surface area contributed by atoms with E-state index in [0.29, 0.717) is 22.6 Å². The van der Waals surface area contributed by atoms with Crippen LogP contribution in [-0.4, -0.2) is 60.9 Å². The Labute approximate surface area is 198 Å². The van der Waals surface area contributed by atoms with Crippen LogP contribution in [0.2, 0.25) is 0 Å². The SMILES string of the molecule is Cc1ccc(-c2noc(C[C@H](O)C(F)F)n2)cc1NC(=O)c1cnc2cc(OCC(C)O)ccn12. The lowest BCUT2D eigenvalue weighted by Crippen LogP contribution is -2.20. The van der Waals surface area contributed by atoms with Gasteiger partial charge in [0.05, 0.1) is 18.7 Å². The van der Waals surface area contributed by atoms with Crippen molar-refractivity contribution in [1.82, 2.24) is 19.5 Å². The molecule has 35 heavy (non-hydrogen) atoms. The van der Waals surface area contributed by atoms with E-state index in [9.17, 15) is 23.8 Å². The van der Waals surface area contributed by atoms with Gasteiger partial charge in [0.15, 0.2) is 0 Å². The Kier molecular flexibility index (Phi) is 7.03. The van der Waals surface area contributed by atoms with Gasteiger partial charge in [-0.3, -0.25) is 9.20 Å². The maximum atomic E-state index is 13.0. The molecule has 3 heterocycles. The van der Waals surface area contributed by atoms with Gasteiger partial charge in [-0.1, -0.05) is 17.3 Å². The van der Waals surface area contributed by atoms with Crippen molar-refractivity contribution in [2.75, 3.05) is 11.9 Å². The van der Waals surface area contributed by atoms with Gasteiger partial charge in [-0.05, 0) is 31.5 Å². The number of aliphatic hydroxyl groups excluding tert-OH is 2. The molecule has 3 N–H and O–H groups in total. The van der Waals surface area contributed by atoms with Crippen LogP contribution in [0.25, 0.3) is 17.0 Å². The third kappa shape index (κ3) is 5.61. The quantitative estimate of drug-likeness (QED) is 0.328. The Morgan fingerprint density at radius 3 is 2.80 bits per heavy atom. The molecule has 10 nitrogen and oxygen atoms in total. The number of nitrogens with one attached hydrogen (secondary N) is 1. The van der Waals surface area contributed by atoms with E-state index in [2.05, 4.69) is 20.4 Å². The number of nitrogens with zero attached hydrogens (tertiary/aromatic N) is 4. The van der Waals surface area contributed by atoms with Crippen molar-refractivity contribution < 1.29 is 33.0 Å². The van der Waals surface area contributed by atoms with Crippen LogP contribution in [0.3, 0.4) is 0 Å². The molecule has 0 spiro atoms. The first-order valence-electron chi connectivity index (χ1n) is 10.7. The van der Waals surface area contributed by atoms with Crippen LogP contribution in [-0.2, 0) is 6.42 Å². The van der Waals surface area contributed by atoms with Crippen molar-refractivity contribution in [1.29, 1.82) is 0 Å². The van der Waals surface area contributed by atoms with Gasteiger partial charge in [0.2, 0.25) is 11.7 Å². The molecule has 12 heteroatoms. The van der Waals surface area contributed by atoms with Crippen molar-refractivity contribution in [2.24, 2.45) is 0 Å². The van der Waals surface area contributed by atoms with Crippen LogP contribution >= 0.6 is 0 Å². The number of imidazole rings is 1. The topological polar surface area (TPSA) is 135 Å². The minimum atomic E-state index is -2.92. The lowest BCUT2D eigenvalue weighted by molar-refractivity contribution is -0.00754. The molecule has 1 unspecified atom stereocenters. The number of aliphatic hydroxyl groups is 2. The highest BCUT2D eigenvalue weighted by Gasteiger charge is 2.21. The first kappa shape index (κ1) is 24.2. The Bertz CT molecular complexity index is 1340. The fourth-order valence-corrected chi connectivity index (χ4v) is 3.24. The van der Waals surface area contributed by atoms with Crippen molar-refractivity contribution in [3.05, 3.63) is 59.9 Å². The van der Waals surface area contributed by atoms with E-state index in [1.807, 2.05) is 0 Å². The second-order valence-electron chi connectivity index (χ2n) is 8.00. The Morgan fingerprint density at radius 2 is 2.06 bits per heavy atom. The fourth-order valence-electron chi connectivity index (χ4n) is 3.24.